The van der Waals surface area contributed by atoms with E-state index >= 15 is 0 Å². The van der Waals surface area contributed by atoms with Gasteiger partial charge in [0.15, 0.2) is 0 Å². The van der Waals surface area contributed by atoms with Crippen molar-refractivity contribution in [1.29, 1.82) is 0 Å². The van der Waals surface area contributed by atoms with Crippen molar-refractivity contribution in [2.24, 2.45) is 56.2 Å². The van der Waals surface area contributed by atoms with Crippen molar-refractivity contribution in [2.75, 3.05) is 0 Å². The molecule has 174 valence electrons. The van der Waals surface area contributed by atoms with E-state index in [4.69, 9.17) is 21.4 Å². The molecular weight excluding hydrogens is 396 g/mol. The molecule has 0 aromatic carbocycles. The number of carbonyl (C=O) groups excluding carboxylic acids is 1. The van der Waals surface area contributed by atoms with Crippen LogP contribution in [0.4, 0.5) is 0 Å². The lowest BCUT2D eigenvalue weighted by molar-refractivity contribution is -0.201. The molecule has 6 N–H and O–H groups in total. The SMILES string of the molecule is CC(=O)O.C[C@]12CCC(=O)C[C@H]1CC[C@@H]1[C@@H]2CC[C@]2(C)[C@@H](/C=N/N=C(N)N)CC[C@]12O. The minimum absolute atomic E-state index is 0.0357. The van der Waals surface area contributed by atoms with Crippen LogP contribution >= 0.6 is 0 Å². The van der Waals surface area contributed by atoms with Gasteiger partial charge in [-0.25, -0.2) is 0 Å². The third kappa shape index (κ3) is 4.11. The van der Waals surface area contributed by atoms with Gasteiger partial charge in [0.25, 0.3) is 5.97 Å². The third-order valence-electron chi connectivity index (χ3n) is 9.16. The molecule has 0 aromatic heterocycles. The minimum atomic E-state index is -0.833. The number of nitrogens with two attached hydrogens (primary N) is 2. The Bertz CT molecular complexity index is 776. The van der Waals surface area contributed by atoms with Crippen LogP contribution in [0.25, 0.3) is 0 Å². The van der Waals surface area contributed by atoms with E-state index in [9.17, 15) is 9.90 Å². The summed E-state index contributed by atoms with van der Waals surface area (Å²) in [6.07, 6.45) is 10.3. The fourth-order valence-corrected chi connectivity index (χ4v) is 7.47. The summed E-state index contributed by atoms with van der Waals surface area (Å²) >= 11 is 0. The number of carboxylic acids is 1. The molecule has 4 fully saturated rings. The van der Waals surface area contributed by atoms with Gasteiger partial charge in [0.1, 0.15) is 5.78 Å². The second-order valence-corrected chi connectivity index (χ2v) is 10.6. The van der Waals surface area contributed by atoms with E-state index in [1.807, 2.05) is 6.21 Å². The molecule has 4 rings (SSSR count). The van der Waals surface area contributed by atoms with Gasteiger partial charge in [-0.05, 0) is 68.1 Å². The van der Waals surface area contributed by atoms with Crippen LogP contribution in [0.15, 0.2) is 10.2 Å². The number of hydrogen-bond acceptors (Lipinski definition) is 5. The standard InChI is InChI=1S/C21H34N4O2.C2H4O2/c1-19-8-6-15(26)11-13(19)3-4-17-16(19)7-9-20(2)14(5-10-21(17,20)27)12-24-25-18(22)23;1-2(3)4/h12-14,16-17,27H,3-11H2,1-2H3,(H4,22,23,25);1H3,(H,3,4)/b24-12+;/t13-,14-,16+,17-,19+,20-,21+;/m1./s1. The average Bonchev–Trinajstić information content (AvgIpc) is 2.93. The van der Waals surface area contributed by atoms with E-state index in [-0.39, 0.29) is 22.7 Å². The Labute approximate surface area is 184 Å². The maximum absolute atomic E-state index is 12.0. The van der Waals surface area contributed by atoms with Gasteiger partial charge in [0, 0.05) is 37.3 Å². The summed E-state index contributed by atoms with van der Waals surface area (Å²) in [6, 6.07) is 0. The normalized spacial score (nSPS) is 43.8. The maximum atomic E-state index is 12.0. The molecule has 0 amide bonds. The second-order valence-electron chi connectivity index (χ2n) is 10.6. The highest BCUT2D eigenvalue weighted by molar-refractivity contribution is 5.79. The maximum Gasteiger partial charge on any atom is 0.300 e. The predicted octanol–water partition coefficient (Wildman–Crippen LogP) is 2.68. The first-order chi connectivity index (χ1) is 14.4. The number of aliphatic carboxylic acids is 1. The van der Waals surface area contributed by atoms with Crippen molar-refractivity contribution in [3.63, 3.8) is 0 Å². The van der Waals surface area contributed by atoms with Crippen molar-refractivity contribution in [2.45, 2.75) is 84.2 Å². The second kappa shape index (κ2) is 8.52. The number of Topliss-reactive ketones (excluding diaryl/α,β-unsaturated/α-hetero) is 1. The van der Waals surface area contributed by atoms with Gasteiger partial charge in [0.2, 0.25) is 5.96 Å². The Morgan fingerprint density at radius 2 is 1.77 bits per heavy atom. The number of nitrogens with zero attached hydrogens (tertiary/aromatic N) is 2. The van der Waals surface area contributed by atoms with Gasteiger partial charge in [0.05, 0.1) is 5.60 Å². The fraction of sp³-hybridized carbons (Fsp3) is 0.826. The molecule has 8 heteroatoms. The van der Waals surface area contributed by atoms with E-state index in [0.29, 0.717) is 23.5 Å². The Hall–Kier alpha value is -1.96. The highest BCUT2D eigenvalue weighted by atomic mass is 16.4. The first-order valence-electron chi connectivity index (χ1n) is 11.5. The highest BCUT2D eigenvalue weighted by Gasteiger charge is 2.66. The summed E-state index contributed by atoms with van der Waals surface area (Å²) in [7, 11) is 0. The molecule has 0 unspecified atom stereocenters. The average molecular weight is 435 g/mol. The number of carboxylic acid groups (broad SMARTS) is 1. The predicted molar refractivity (Wildman–Crippen MR) is 119 cm³/mol. The first kappa shape index (κ1) is 23.7. The lowest BCUT2D eigenvalue weighted by atomic mass is 9.43. The van der Waals surface area contributed by atoms with E-state index in [1.54, 1.807) is 0 Å². The van der Waals surface area contributed by atoms with Crippen LogP contribution in [0.2, 0.25) is 0 Å². The summed E-state index contributed by atoms with van der Waals surface area (Å²) in [4.78, 5) is 21.0. The molecule has 0 spiro atoms. The molecule has 4 aliphatic carbocycles. The molecule has 0 aromatic rings. The number of fused-ring (bicyclic) bond motifs is 5. The van der Waals surface area contributed by atoms with Crippen molar-refractivity contribution < 1.29 is 19.8 Å². The van der Waals surface area contributed by atoms with Crippen molar-refractivity contribution in [1.82, 2.24) is 0 Å². The van der Waals surface area contributed by atoms with Crippen molar-refractivity contribution >= 4 is 23.9 Å². The molecule has 0 saturated heterocycles. The molecule has 4 saturated carbocycles. The summed E-state index contributed by atoms with van der Waals surface area (Å²) in [6.45, 7) is 5.72. The third-order valence-corrected chi connectivity index (χ3v) is 9.16. The zero-order valence-electron chi connectivity index (χ0n) is 19.0. The number of guanidine groups is 1. The zero-order valence-corrected chi connectivity index (χ0v) is 19.0. The van der Waals surface area contributed by atoms with Crippen molar-refractivity contribution in [3.05, 3.63) is 0 Å². The van der Waals surface area contributed by atoms with Crippen LogP contribution in [-0.4, -0.2) is 39.7 Å². The van der Waals surface area contributed by atoms with E-state index < -0.39 is 11.6 Å². The van der Waals surface area contributed by atoms with Gasteiger partial charge < -0.3 is 21.7 Å². The molecule has 0 heterocycles. The molecule has 0 aliphatic heterocycles. The van der Waals surface area contributed by atoms with Gasteiger partial charge >= 0.3 is 0 Å². The van der Waals surface area contributed by atoms with Gasteiger partial charge in [-0.15, -0.1) is 5.10 Å². The lowest BCUT2D eigenvalue weighted by Crippen LogP contribution is -2.62. The van der Waals surface area contributed by atoms with Gasteiger partial charge in [-0.2, -0.15) is 5.10 Å². The quantitative estimate of drug-likeness (QED) is 0.298. The van der Waals surface area contributed by atoms with Crippen LogP contribution in [0.5, 0.6) is 0 Å². The molecule has 0 radical (unpaired) electrons. The minimum Gasteiger partial charge on any atom is -0.481 e. The fourth-order valence-electron chi connectivity index (χ4n) is 7.47. The number of aliphatic hydroxyl groups is 1. The van der Waals surface area contributed by atoms with Crippen LogP contribution in [0.3, 0.4) is 0 Å². The van der Waals surface area contributed by atoms with Crippen LogP contribution in [-0.2, 0) is 9.59 Å². The molecule has 31 heavy (non-hydrogen) atoms. The number of rotatable bonds is 2. The Morgan fingerprint density at radius 1 is 1.10 bits per heavy atom. The van der Waals surface area contributed by atoms with Crippen molar-refractivity contribution in [3.8, 4) is 0 Å². The Kier molecular flexibility index (Phi) is 6.52. The summed E-state index contributed by atoms with van der Waals surface area (Å²) in [5.41, 5.74) is 10.1. The first-order valence-corrected chi connectivity index (χ1v) is 11.5. The summed E-state index contributed by atoms with van der Waals surface area (Å²) in [5, 5.41) is 27.2. The number of ketones is 1. The Balaban J connectivity index is 0.000000628. The molecule has 8 nitrogen and oxygen atoms in total. The zero-order chi connectivity index (χ0) is 23.0. The van der Waals surface area contributed by atoms with Crippen LogP contribution < -0.4 is 11.5 Å². The monoisotopic (exact) mass is 434 g/mol. The molecule has 4 aliphatic rings. The van der Waals surface area contributed by atoms with Gasteiger partial charge in [-0.1, -0.05) is 13.8 Å². The van der Waals surface area contributed by atoms with E-state index in [2.05, 4.69) is 24.1 Å². The largest absolute Gasteiger partial charge is 0.481 e. The smallest absolute Gasteiger partial charge is 0.300 e. The molecule has 0 bridgehead atoms. The van der Waals surface area contributed by atoms with Gasteiger partial charge in [-0.3, -0.25) is 9.59 Å². The summed E-state index contributed by atoms with van der Waals surface area (Å²) < 4.78 is 0. The summed E-state index contributed by atoms with van der Waals surface area (Å²) in [5.74, 6) is 1.13. The van der Waals surface area contributed by atoms with Crippen LogP contribution in [0.1, 0.15) is 78.6 Å². The topological polar surface area (TPSA) is 151 Å². The van der Waals surface area contributed by atoms with E-state index in [1.165, 1.54) is 0 Å². The number of hydrogen-bond donors (Lipinski definition) is 4. The molecule has 7 atom stereocenters. The lowest BCUT2D eigenvalue weighted by Gasteiger charge is -2.63. The Morgan fingerprint density at radius 3 is 2.42 bits per heavy atom. The van der Waals surface area contributed by atoms with Crippen LogP contribution in [0, 0.1) is 34.5 Å². The number of carbonyl (C=O) groups is 2. The highest BCUT2D eigenvalue weighted by Crippen LogP contribution is 2.68. The molecular formula is C23H38N4O4. The van der Waals surface area contributed by atoms with E-state index in [0.717, 1.165) is 64.7 Å².